The molecule has 0 radical (unpaired) electrons. The molecule has 0 atom stereocenters. The van der Waals surface area contributed by atoms with Crippen LogP contribution in [0.15, 0.2) is 42.5 Å². The highest BCUT2D eigenvalue weighted by atomic mass is 16.7. The summed E-state index contributed by atoms with van der Waals surface area (Å²) in [7, 11) is 0. The first-order valence-electron chi connectivity index (χ1n) is 9.54. The van der Waals surface area contributed by atoms with E-state index in [0.717, 1.165) is 42.7 Å². The molecule has 144 valence electrons. The third kappa shape index (κ3) is 4.04. The fourth-order valence-corrected chi connectivity index (χ4v) is 3.73. The molecule has 4 rings (SSSR count). The molecule has 2 aromatic rings. The predicted octanol–water partition coefficient (Wildman–Crippen LogP) is 3.64. The maximum absolute atomic E-state index is 13.0. The van der Waals surface area contributed by atoms with E-state index in [4.69, 9.17) is 19.5 Å². The number of amides is 1. The molecule has 0 spiro atoms. The molecule has 1 aliphatic heterocycles. The first-order valence-corrected chi connectivity index (χ1v) is 9.54. The van der Waals surface area contributed by atoms with Crippen molar-refractivity contribution in [3.05, 3.63) is 53.6 Å². The summed E-state index contributed by atoms with van der Waals surface area (Å²) in [6.45, 7) is 0.742. The molecule has 1 aliphatic carbocycles. The first kappa shape index (κ1) is 18.2. The van der Waals surface area contributed by atoms with Crippen molar-refractivity contribution in [2.24, 2.45) is 0 Å². The van der Waals surface area contributed by atoms with Crippen molar-refractivity contribution in [3.63, 3.8) is 0 Å². The van der Waals surface area contributed by atoms with Gasteiger partial charge in [-0.3, -0.25) is 4.79 Å². The van der Waals surface area contributed by atoms with Crippen LogP contribution < -0.4 is 14.2 Å². The van der Waals surface area contributed by atoms with Crippen molar-refractivity contribution >= 4 is 5.91 Å². The minimum atomic E-state index is -0.0334. The monoisotopic (exact) mass is 378 g/mol. The number of nitrogens with zero attached hydrogens (tertiary/aromatic N) is 2. The van der Waals surface area contributed by atoms with Crippen LogP contribution in [0.4, 0.5) is 0 Å². The summed E-state index contributed by atoms with van der Waals surface area (Å²) in [4.78, 5) is 14.9. The number of hydrogen-bond donors (Lipinski definition) is 0. The summed E-state index contributed by atoms with van der Waals surface area (Å²) in [5.41, 5.74) is 1.58. The number of carbonyl (C=O) groups is 1. The second-order valence-corrected chi connectivity index (χ2v) is 7.07. The van der Waals surface area contributed by atoms with Crippen LogP contribution in [0.2, 0.25) is 0 Å². The highest BCUT2D eigenvalue weighted by Gasteiger charge is 2.27. The van der Waals surface area contributed by atoms with Crippen molar-refractivity contribution in [3.8, 4) is 23.3 Å². The third-order valence-corrected chi connectivity index (χ3v) is 5.22. The smallest absolute Gasteiger partial charge is 0.261 e. The van der Waals surface area contributed by atoms with Gasteiger partial charge in [-0.25, -0.2) is 0 Å². The molecule has 6 nitrogen and oxygen atoms in total. The van der Waals surface area contributed by atoms with Crippen LogP contribution in [-0.4, -0.2) is 30.2 Å². The highest BCUT2D eigenvalue weighted by molar-refractivity contribution is 5.78. The van der Waals surface area contributed by atoms with Gasteiger partial charge in [-0.2, -0.15) is 5.26 Å². The summed E-state index contributed by atoms with van der Waals surface area (Å²) in [6, 6.07) is 14.9. The third-order valence-electron chi connectivity index (χ3n) is 5.22. The van der Waals surface area contributed by atoms with Gasteiger partial charge >= 0.3 is 0 Å². The summed E-state index contributed by atoms with van der Waals surface area (Å²) in [5, 5.41) is 8.87. The van der Waals surface area contributed by atoms with E-state index in [1.807, 2.05) is 23.1 Å². The van der Waals surface area contributed by atoms with Crippen molar-refractivity contribution < 1.29 is 19.0 Å². The van der Waals surface area contributed by atoms with Crippen LogP contribution in [0.5, 0.6) is 17.2 Å². The summed E-state index contributed by atoms with van der Waals surface area (Å²) in [6.07, 6.45) is 4.33. The van der Waals surface area contributed by atoms with Gasteiger partial charge in [0.1, 0.15) is 5.75 Å². The average molecular weight is 378 g/mol. The lowest BCUT2D eigenvalue weighted by Crippen LogP contribution is -2.41. The summed E-state index contributed by atoms with van der Waals surface area (Å²) in [5.74, 6) is 2.02. The van der Waals surface area contributed by atoms with Crippen molar-refractivity contribution in [2.45, 2.75) is 38.3 Å². The van der Waals surface area contributed by atoms with Gasteiger partial charge in [0.25, 0.3) is 5.91 Å². The van der Waals surface area contributed by atoms with Crippen molar-refractivity contribution in [1.29, 1.82) is 5.26 Å². The molecule has 0 aromatic heterocycles. The topological polar surface area (TPSA) is 71.8 Å². The Morgan fingerprint density at radius 1 is 1.11 bits per heavy atom. The quantitative estimate of drug-likeness (QED) is 0.767. The normalized spacial score (nSPS) is 15.2. The van der Waals surface area contributed by atoms with E-state index in [1.165, 1.54) is 0 Å². The van der Waals surface area contributed by atoms with E-state index in [-0.39, 0.29) is 25.3 Å². The van der Waals surface area contributed by atoms with E-state index in [2.05, 4.69) is 6.07 Å². The molecule has 0 bridgehead atoms. The number of carbonyl (C=O) groups excluding carboxylic acids is 1. The molecule has 1 fully saturated rings. The van der Waals surface area contributed by atoms with Gasteiger partial charge in [-0.1, -0.05) is 18.9 Å². The molecular weight excluding hydrogens is 356 g/mol. The maximum atomic E-state index is 13.0. The van der Waals surface area contributed by atoms with E-state index in [1.54, 1.807) is 24.3 Å². The van der Waals surface area contributed by atoms with Crippen LogP contribution >= 0.6 is 0 Å². The molecule has 0 saturated heterocycles. The van der Waals surface area contributed by atoms with Gasteiger partial charge in [-0.15, -0.1) is 0 Å². The van der Waals surface area contributed by atoms with Crippen molar-refractivity contribution in [1.82, 2.24) is 4.90 Å². The maximum Gasteiger partial charge on any atom is 0.261 e. The lowest BCUT2D eigenvalue weighted by atomic mass is 10.1. The molecule has 6 heteroatoms. The molecule has 28 heavy (non-hydrogen) atoms. The number of fused-ring (bicyclic) bond motifs is 1. The fraction of sp³-hybridized carbons (Fsp3) is 0.364. The Kier molecular flexibility index (Phi) is 5.34. The number of hydrogen-bond acceptors (Lipinski definition) is 5. The molecular formula is C22H22N2O4. The van der Waals surface area contributed by atoms with Crippen LogP contribution in [0.1, 0.15) is 36.8 Å². The van der Waals surface area contributed by atoms with Gasteiger partial charge in [0, 0.05) is 12.6 Å². The number of nitriles is 1. The van der Waals surface area contributed by atoms with E-state index in [9.17, 15) is 4.79 Å². The van der Waals surface area contributed by atoms with Gasteiger partial charge in [-0.05, 0) is 54.8 Å². The zero-order valence-corrected chi connectivity index (χ0v) is 15.6. The van der Waals surface area contributed by atoms with Crippen LogP contribution in [-0.2, 0) is 11.3 Å². The van der Waals surface area contributed by atoms with Crippen LogP contribution in [0.25, 0.3) is 0 Å². The Hall–Kier alpha value is -3.20. The van der Waals surface area contributed by atoms with E-state index < -0.39 is 0 Å². The molecule has 0 N–H and O–H groups in total. The minimum absolute atomic E-state index is 0.0209. The van der Waals surface area contributed by atoms with E-state index >= 15 is 0 Å². The average Bonchev–Trinajstić information content (AvgIpc) is 3.42. The zero-order valence-electron chi connectivity index (χ0n) is 15.6. The number of ether oxygens (including phenoxy) is 3. The molecule has 0 unspecified atom stereocenters. The van der Waals surface area contributed by atoms with Gasteiger partial charge in [0.2, 0.25) is 6.79 Å². The molecule has 2 aromatic carbocycles. The van der Waals surface area contributed by atoms with Gasteiger partial charge in [0.15, 0.2) is 18.1 Å². The van der Waals surface area contributed by atoms with Gasteiger partial charge < -0.3 is 19.1 Å². The Labute approximate surface area is 164 Å². The minimum Gasteiger partial charge on any atom is -0.484 e. The summed E-state index contributed by atoms with van der Waals surface area (Å²) < 4.78 is 16.5. The van der Waals surface area contributed by atoms with E-state index in [0.29, 0.717) is 17.9 Å². The largest absolute Gasteiger partial charge is 0.484 e. The number of rotatable bonds is 6. The zero-order chi connectivity index (χ0) is 19.3. The Balaban J connectivity index is 1.44. The standard InChI is InChI=1S/C22H22N2O4/c23-12-16-5-8-19(9-6-16)26-14-22(25)24(18-3-1-2-4-18)13-17-7-10-20-21(11-17)28-15-27-20/h5-11,18H,1-4,13-15H2. The second kappa shape index (κ2) is 8.22. The first-order chi connectivity index (χ1) is 13.7. The Bertz CT molecular complexity index is 882. The second-order valence-electron chi connectivity index (χ2n) is 7.07. The summed E-state index contributed by atoms with van der Waals surface area (Å²) >= 11 is 0. The van der Waals surface area contributed by atoms with Gasteiger partial charge in [0.05, 0.1) is 11.6 Å². The molecule has 1 heterocycles. The molecule has 2 aliphatic rings. The fourth-order valence-electron chi connectivity index (χ4n) is 3.73. The number of benzene rings is 2. The Morgan fingerprint density at radius 3 is 2.61 bits per heavy atom. The van der Waals surface area contributed by atoms with Crippen LogP contribution in [0, 0.1) is 11.3 Å². The van der Waals surface area contributed by atoms with Crippen molar-refractivity contribution in [2.75, 3.05) is 13.4 Å². The SMILES string of the molecule is N#Cc1ccc(OCC(=O)N(Cc2ccc3c(c2)OCO3)C2CCCC2)cc1. The lowest BCUT2D eigenvalue weighted by Gasteiger charge is -2.29. The lowest BCUT2D eigenvalue weighted by molar-refractivity contribution is -0.136. The highest BCUT2D eigenvalue weighted by Crippen LogP contribution is 2.33. The molecule has 1 amide bonds. The van der Waals surface area contributed by atoms with Crippen LogP contribution in [0.3, 0.4) is 0 Å². The molecule has 1 saturated carbocycles. The predicted molar refractivity (Wildman–Crippen MR) is 102 cm³/mol. The Morgan fingerprint density at radius 2 is 1.86 bits per heavy atom.